The Balaban J connectivity index is 1.68. The Morgan fingerprint density at radius 2 is 1.70 bits per heavy atom. The Labute approximate surface area is 196 Å². The zero-order valence-corrected chi connectivity index (χ0v) is 18.8. The minimum absolute atomic E-state index is 0.194. The number of imide groups is 2. The molecule has 4 amide bonds. The summed E-state index contributed by atoms with van der Waals surface area (Å²) in [5.74, 6) is -1.05. The van der Waals surface area contributed by atoms with Crippen LogP contribution in [0.5, 0.6) is 5.75 Å². The minimum atomic E-state index is -0.793. The lowest BCUT2D eigenvalue weighted by atomic mass is 10.0. The summed E-state index contributed by atoms with van der Waals surface area (Å²) in [6.07, 6.45) is 1.39. The number of para-hydroxylation sites is 1. The van der Waals surface area contributed by atoms with Crippen LogP contribution in [0.15, 0.2) is 72.3 Å². The molecule has 1 heterocycles. The van der Waals surface area contributed by atoms with E-state index in [1.807, 2.05) is 31.2 Å². The standard InChI is InChI=1S/C26H21ClN2O4/c1-16-7-9-18(10-8-16)15-33-23-12-11-20(27)13-19(23)14-21-24(30)28-26(32)29(25(21)31)22-6-4-3-5-17(22)2/h3-14H,15H2,1-2H3,(H,28,30,32)/b21-14+. The van der Waals surface area contributed by atoms with Gasteiger partial charge in [0.1, 0.15) is 17.9 Å². The van der Waals surface area contributed by atoms with Crippen LogP contribution in [0.25, 0.3) is 6.08 Å². The third-order valence-corrected chi connectivity index (χ3v) is 5.48. The van der Waals surface area contributed by atoms with Crippen LogP contribution < -0.4 is 15.0 Å². The van der Waals surface area contributed by atoms with Crippen LogP contribution in [0.4, 0.5) is 10.5 Å². The summed E-state index contributed by atoms with van der Waals surface area (Å²) in [5.41, 5.74) is 3.50. The van der Waals surface area contributed by atoms with E-state index in [1.165, 1.54) is 6.08 Å². The molecular weight excluding hydrogens is 440 g/mol. The predicted molar refractivity (Wildman–Crippen MR) is 127 cm³/mol. The summed E-state index contributed by atoms with van der Waals surface area (Å²) in [5, 5.41) is 2.65. The molecule has 0 saturated carbocycles. The van der Waals surface area contributed by atoms with Gasteiger partial charge in [-0.15, -0.1) is 0 Å². The van der Waals surface area contributed by atoms with E-state index in [0.29, 0.717) is 28.6 Å². The topological polar surface area (TPSA) is 75.7 Å². The number of barbiturate groups is 1. The number of anilines is 1. The molecule has 7 heteroatoms. The molecule has 3 aromatic carbocycles. The van der Waals surface area contributed by atoms with Crippen molar-refractivity contribution in [3.63, 3.8) is 0 Å². The number of benzene rings is 3. The molecule has 0 atom stereocenters. The zero-order chi connectivity index (χ0) is 23.5. The lowest BCUT2D eigenvalue weighted by molar-refractivity contribution is -0.122. The van der Waals surface area contributed by atoms with Gasteiger partial charge in [-0.2, -0.15) is 0 Å². The second kappa shape index (κ2) is 9.30. The van der Waals surface area contributed by atoms with Gasteiger partial charge >= 0.3 is 6.03 Å². The van der Waals surface area contributed by atoms with Gasteiger partial charge in [0.15, 0.2) is 0 Å². The second-order valence-corrected chi connectivity index (χ2v) is 8.14. The monoisotopic (exact) mass is 460 g/mol. The van der Waals surface area contributed by atoms with Crippen molar-refractivity contribution < 1.29 is 19.1 Å². The smallest absolute Gasteiger partial charge is 0.335 e. The van der Waals surface area contributed by atoms with E-state index in [-0.39, 0.29) is 5.57 Å². The molecular formula is C26H21ClN2O4. The Morgan fingerprint density at radius 3 is 2.42 bits per heavy atom. The van der Waals surface area contributed by atoms with Crippen molar-refractivity contribution in [1.29, 1.82) is 0 Å². The maximum Gasteiger partial charge on any atom is 0.335 e. The molecule has 0 spiro atoms. The average Bonchev–Trinajstić information content (AvgIpc) is 2.78. The van der Waals surface area contributed by atoms with E-state index in [9.17, 15) is 14.4 Å². The molecule has 166 valence electrons. The van der Waals surface area contributed by atoms with Crippen molar-refractivity contribution in [2.45, 2.75) is 20.5 Å². The summed E-state index contributed by atoms with van der Waals surface area (Å²) in [6.45, 7) is 4.08. The summed E-state index contributed by atoms with van der Waals surface area (Å²) in [6, 6.07) is 19.0. The van der Waals surface area contributed by atoms with Crippen LogP contribution in [-0.4, -0.2) is 17.8 Å². The van der Waals surface area contributed by atoms with Gasteiger partial charge in [-0.3, -0.25) is 14.9 Å². The zero-order valence-electron chi connectivity index (χ0n) is 18.1. The number of urea groups is 1. The Hall–Kier alpha value is -3.90. The third-order valence-electron chi connectivity index (χ3n) is 5.24. The quantitative estimate of drug-likeness (QED) is 0.419. The van der Waals surface area contributed by atoms with Crippen LogP contribution in [0.3, 0.4) is 0 Å². The largest absolute Gasteiger partial charge is 0.488 e. The first-order valence-electron chi connectivity index (χ1n) is 10.3. The fourth-order valence-corrected chi connectivity index (χ4v) is 3.64. The third kappa shape index (κ3) is 4.81. The first kappa shape index (κ1) is 22.3. The SMILES string of the molecule is Cc1ccc(COc2ccc(Cl)cc2/C=C2\C(=O)NC(=O)N(c3ccccc3C)C2=O)cc1. The van der Waals surface area contributed by atoms with Gasteiger partial charge in [0.05, 0.1) is 5.69 Å². The van der Waals surface area contributed by atoms with E-state index in [1.54, 1.807) is 49.4 Å². The van der Waals surface area contributed by atoms with Crippen LogP contribution in [0.2, 0.25) is 5.02 Å². The number of halogens is 1. The van der Waals surface area contributed by atoms with Crippen molar-refractivity contribution in [1.82, 2.24) is 5.32 Å². The molecule has 0 aliphatic carbocycles. The maximum atomic E-state index is 13.2. The lowest BCUT2D eigenvalue weighted by Gasteiger charge is -2.27. The van der Waals surface area contributed by atoms with Gasteiger partial charge in [0, 0.05) is 10.6 Å². The highest BCUT2D eigenvalue weighted by atomic mass is 35.5. The number of nitrogens with one attached hydrogen (secondary N) is 1. The fourth-order valence-electron chi connectivity index (χ4n) is 3.46. The molecule has 1 aliphatic rings. The molecule has 0 unspecified atom stereocenters. The molecule has 1 N–H and O–H groups in total. The van der Waals surface area contributed by atoms with Crippen LogP contribution >= 0.6 is 11.6 Å². The lowest BCUT2D eigenvalue weighted by Crippen LogP contribution is -2.54. The molecule has 0 aromatic heterocycles. The molecule has 6 nitrogen and oxygen atoms in total. The van der Waals surface area contributed by atoms with Crippen LogP contribution in [-0.2, 0) is 16.2 Å². The Kier molecular flexibility index (Phi) is 6.29. The highest BCUT2D eigenvalue weighted by Crippen LogP contribution is 2.29. The highest BCUT2D eigenvalue weighted by Gasteiger charge is 2.37. The normalized spacial score (nSPS) is 15.1. The average molecular weight is 461 g/mol. The molecule has 33 heavy (non-hydrogen) atoms. The minimum Gasteiger partial charge on any atom is -0.488 e. The number of carbonyl (C=O) groups excluding carboxylic acids is 3. The highest BCUT2D eigenvalue weighted by molar-refractivity contribution is 6.39. The van der Waals surface area contributed by atoms with Crippen molar-refractivity contribution in [3.05, 3.63) is 99.6 Å². The number of ether oxygens (including phenoxy) is 1. The van der Waals surface area contributed by atoms with Crippen molar-refractivity contribution >= 4 is 41.2 Å². The number of hydrogen-bond acceptors (Lipinski definition) is 4. The Morgan fingerprint density at radius 1 is 0.970 bits per heavy atom. The number of nitrogens with zero attached hydrogens (tertiary/aromatic N) is 1. The van der Waals surface area contributed by atoms with Gasteiger partial charge in [-0.25, -0.2) is 9.69 Å². The van der Waals surface area contributed by atoms with E-state index in [4.69, 9.17) is 16.3 Å². The van der Waals surface area contributed by atoms with Gasteiger partial charge in [0.25, 0.3) is 11.8 Å². The Bertz CT molecular complexity index is 1280. The van der Waals surface area contributed by atoms with E-state index < -0.39 is 17.8 Å². The van der Waals surface area contributed by atoms with Crippen LogP contribution in [0, 0.1) is 13.8 Å². The van der Waals surface area contributed by atoms with E-state index in [2.05, 4.69) is 5.32 Å². The van der Waals surface area contributed by atoms with E-state index in [0.717, 1.165) is 21.6 Å². The summed E-state index contributed by atoms with van der Waals surface area (Å²) in [4.78, 5) is 39.2. The summed E-state index contributed by atoms with van der Waals surface area (Å²) in [7, 11) is 0. The molecule has 1 fully saturated rings. The molecule has 1 saturated heterocycles. The van der Waals surface area contributed by atoms with Gasteiger partial charge in [-0.05, 0) is 55.3 Å². The summed E-state index contributed by atoms with van der Waals surface area (Å²) < 4.78 is 5.96. The molecule has 0 bridgehead atoms. The fraction of sp³-hybridized carbons (Fsp3) is 0.115. The number of rotatable bonds is 5. The number of carbonyl (C=O) groups is 3. The summed E-state index contributed by atoms with van der Waals surface area (Å²) >= 11 is 6.18. The molecule has 4 rings (SSSR count). The number of amides is 4. The predicted octanol–water partition coefficient (Wildman–Crippen LogP) is 5.20. The molecule has 3 aromatic rings. The maximum absolute atomic E-state index is 13.2. The number of hydrogen-bond donors (Lipinski definition) is 1. The van der Waals surface area contributed by atoms with Gasteiger partial charge < -0.3 is 4.74 Å². The first-order chi connectivity index (χ1) is 15.8. The first-order valence-corrected chi connectivity index (χ1v) is 10.7. The van der Waals surface area contributed by atoms with Gasteiger partial charge in [0.2, 0.25) is 0 Å². The molecule has 0 radical (unpaired) electrons. The van der Waals surface area contributed by atoms with Crippen molar-refractivity contribution in [2.24, 2.45) is 0 Å². The number of aryl methyl sites for hydroxylation is 2. The van der Waals surface area contributed by atoms with E-state index >= 15 is 0 Å². The van der Waals surface area contributed by atoms with Gasteiger partial charge in [-0.1, -0.05) is 59.6 Å². The van der Waals surface area contributed by atoms with Crippen LogP contribution in [0.1, 0.15) is 22.3 Å². The van der Waals surface area contributed by atoms with Crippen molar-refractivity contribution in [3.8, 4) is 5.75 Å². The second-order valence-electron chi connectivity index (χ2n) is 7.70. The van der Waals surface area contributed by atoms with Crippen molar-refractivity contribution in [2.75, 3.05) is 4.90 Å². The molecule has 1 aliphatic heterocycles.